The number of hydrogen-bond donors (Lipinski definition) is 0. The highest BCUT2D eigenvalue weighted by Gasteiger charge is 2.41. The van der Waals surface area contributed by atoms with E-state index >= 15 is 0 Å². The minimum Gasteiger partial charge on any atom is -0.363 e. The summed E-state index contributed by atoms with van der Waals surface area (Å²) in [4.78, 5) is 21.0. The molecule has 150 valence electrons. The van der Waals surface area contributed by atoms with E-state index < -0.39 is 0 Å². The number of likely N-dealkylation sites (tertiary alicyclic amines) is 1. The zero-order valence-electron chi connectivity index (χ0n) is 16.3. The fourth-order valence-electron chi connectivity index (χ4n) is 4.26. The molecule has 0 aliphatic carbocycles. The molecule has 1 amide bonds. The van der Waals surface area contributed by atoms with Crippen LogP contribution in [0.25, 0.3) is 0 Å². The molecule has 6 nitrogen and oxygen atoms in total. The van der Waals surface area contributed by atoms with Crippen molar-refractivity contribution in [2.45, 2.75) is 44.9 Å². The number of carbonyl (C=O) groups excluding carboxylic acids is 1. The number of carbonyl (C=O) groups is 1. The van der Waals surface area contributed by atoms with Gasteiger partial charge in [-0.25, -0.2) is 9.37 Å². The average Bonchev–Trinajstić information content (AvgIpc) is 3.05. The van der Waals surface area contributed by atoms with Gasteiger partial charge in [0, 0.05) is 31.2 Å². The Balaban J connectivity index is 1.45. The second-order valence-electron chi connectivity index (χ2n) is 7.69. The highest BCUT2D eigenvalue weighted by molar-refractivity contribution is 5.95. The fourth-order valence-corrected chi connectivity index (χ4v) is 4.26. The molecule has 1 aromatic carbocycles. The van der Waals surface area contributed by atoms with Crippen LogP contribution in [0.5, 0.6) is 0 Å². The van der Waals surface area contributed by atoms with Crippen molar-refractivity contribution in [3.63, 3.8) is 0 Å². The minimum absolute atomic E-state index is 0.0523. The lowest BCUT2D eigenvalue weighted by atomic mass is 9.92. The van der Waals surface area contributed by atoms with E-state index in [1.807, 2.05) is 12.4 Å². The minimum atomic E-state index is -0.366. The van der Waals surface area contributed by atoms with Crippen LogP contribution in [0.4, 0.5) is 10.1 Å². The van der Waals surface area contributed by atoms with Crippen molar-refractivity contribution < 1.29 is 13.9 Å². The van der Waals surface area contributed by atoms with Gasteiger partial charge < -0.3 is 14.2 Å². The van der Waals surface area contributed by atoms with Gasteiger partial charge in [-0.15, -0.1) is 0 Å². The van der Waals surface area contributed by atoms with E-state index in [-0.39, 0.29) is 23.9 Å². The van der Waals surface area contributed by atoms with E-state index in [0.29, 0.717) is 12.2 Å². The summed E-state index contributed by atoms with van der Waals surface area (Å²) in [5, 5.41) is 0. The number of anilines is 1. The number of benzene rings is 1. The Hall–Kier alpha value is -2.25. The van der Waals surface area contributed by atoms with Crippen molar-refractivity contribution in [3.05, 3.63) is 48.3 Å². The van der Waals surface area contributed by atoms with Crippen LogP contribution in [0.1, 0.15) is 32.0 Å². The third-order valence-corrected chi connectivity index (χ3v) is 5.87. The summed E-state index contributed by atoms with van der Waals surface area (Å²) in [6.07, 6.45) is 6.61. The molecule has 1 unspecified atom stereocenters. The van der Waals surface area contributed by atoms with Crippen molar-refractivity contribution >= 4 is 11.6 Å². The Bertz CT molecular complexity index is 839. The molecule has 2 aromatic rings. The lowest BCUT2D eigenvalue weighted by Crippen LogP contribution is -2.55. The van der Waals surface area contributed by atoms with Crippen molar-refractivity contribution in [3.8, 4) is 0 Å². The van der Waals surface area contributed by atoms with Gasteiger partial charge >= 0.3 is 0 Å². The fraction of sp³-hybridized carbons (Fsp3) is 0.524. The number of rotatable bonds is 4. The number of aromatic nitrogens is 2. The summed E-state index contributed by atoms with van der Waals surface area (Å²) >= 11 is 0. The van der Waals surface area contributed by atoms with Gasteiger partial charge in [0.25, 0.3) is 5.91 Å². The largest absolute Gasteiger partial charge is 0.363 e. The molecule has 2 aliphatic heterocycles. The highest BCUT2D eigenvalue weighted by atomic mass is 19.1. The zero-order chi connectivity index (χ0) is 19.6. The van der Waals surface area contributed by atoms with Gasteiger partial charge in [-0.2, -0.15) is 0 Å². The number of imidazole rings is 1. The molecule has 3 heterocycles. The molecule has 7 heteroatoms. The Labute approximate surface area is 164 Å². The molecule has 4 rings (SSSR count). The maximum atomic E-state index is 13.7. The molecule has 2 saturated heterocycles. The molecule has 0 saturated carbocycles. The van der Waals surface area contributed by atoms with Crippen molar-refractivity contribution in [2.75, 3.05) is 31.1 Å². The van der Waals surface area contributed by atoms with Crippen LogP contribution in [0.3, 0.4) is 0 Å². The second kappa shape index (κ2) is 8.01. The maximum absolute atomic E-state index is 13.7. The zero-order valence-corrected chi connectivity index (χ0v) is 16.3. The summed E-state index contributed by atoms with van der Waals surface area (Å²) in [7, 11) is 0. The smallest absolute Gasteiger partial charge is 0.253 e. The molecular weight excluding hydrogens is 359 g/mol. The maximum Gasteiger partial charge on any atom is 0.253 e. The SMILES string of the molecule is CCn1ccnc1CN1CCCC2(CC1)CN(c1cccc(F)c1)C(=O)CO2. The van der Waals surface area contributed by atoms with E-state index in [1.165, 1.54) is 12.1 Å². The van der Waals surface area contributed by atoms with Crippen LogP contribution in [-0.2, 0) is 22.6 Å². The third-order valence-electron chi connectivity index (χ3n) is 5.87. The summed E-state index contributed by atoms with van der Waals surface area (Å²) in [5.41, 5.74) is 0.244. The molecule has 1 atom stereocenters. The Kier molecular flexibility index (Phi) is 5.46. The number of hydrogen-bond acceptors (Lipinski definition) is 4. The van der Waals surface area contributed by atoms with Crippen LogP contribution < -0.4 is 4.90 Å². The first-order valence-corrected chi connectivity index (χ1v) is 10.0. The second-order valence-corrected chi connectivity index (χ2v) is 7.69. The Morgan fingerprint density at radius 1 is 1.29 bits per heavy atom. The molecule has 1 spiro atoms. The first-order valence-electron chi connectivity index (χ1n) is 10.0. The van der Waals surface area contributed by atoms with Crippen LogP contribution >= 0.6 is 0 Å². The number of nitrogens with zero attached hydrogens (tertiary/aromatic N) is 4. The van der Waals surface area contributed by atoms with E-state index in [1.54, 1.807) is 17.0 Å². The topological polar surface area (TPSA) is 50.6 Å². The number of aryl methyl sites for hydroxylation is 1. The standard InChI is InChI=1S/C21H27FN4O2/c1-2-25-12-9-23-19(25)14-24-10-4-7-21(8-11-24)16-26(20(27)15-28-21)18-6-3-5-17(22)13-18/h3,5-6,9,12-13H,2,4,7-8,10-11,14-16H2,1H3. The molecule has 2 fully saturated rings. The van der Waals surface area contributed by atoms with E-state index in [0.717, 1.165) is 51.3 Å². The molecular formula is C21H27FN4O2. The van der Waals surface area contributed by atoms with Crippen molar-refractivity contribution in [2.24, 2.45) is 0 Å². The Morgan fingerprint density at radius 3 is 3.00 bits per heavy atom. The van der Waals surface area contributed by atoms with E-state index in [2.05, 4.69) is 21.4 Å². The van der Waals surface area contributed by atoms with Gasteiger partial charge in [0.2, 0.25) is 0 Å². The third kappa shape index (κ3) is 3.95. The molecule has 1 aromatic heterocycles. The number of morpholine rings is 1. The van der Waals surface area contributed by atoms with Gasteiger partial charge in [0.1, 0.15) is 18.2 Å². The lowest BCUT2D eigenvalue weighted by molar-refractivity contribution is -0.140. The first-order chi connectivity index (χ1) is 13.6. The number of amides is 1. The highest BCUT2D eigenvalue weighted by Crippen LogP contribution is 2.33. The van der Waals surface area contributed by atoms with Crippen LogP contribution in [-0.4, -0.2) is 52.2 Å². The number of halogens is 1. The monoisotopic (exact) mass is 386 g/mol. The lowest BCUT2D eigenvalue weighted by Gasteiger charge is -2.42. The van der Waals surface area contributed by atoms with Crippen LogP contribution in [0.15, 0.2) is 36.7 Å². The first kappa shape index (κ1) is 19.1. The van der Waals surface area contributed by atoms with Gasteiger partial charge in [-0.05, 0) is 50.9 Å². The van der Waals surface area contributed by atoms with E-state index in [9.17, 15) is 9.18 Å². The normalized spacial score (nSPS) is 23.9. The van der Waals surface area contributed by atoms with Crippen molar-refractivity contribution in [1.29, 1.82) is 0 Å². The molecule has 0 bridgehead atoms. The van der Waals surface area contributed by atoms with E-state index in [4.69, 9.17) is 4.74 Å². The number of ether oxygens (including phenoxy) is 1. The predicted octanol–water partition coefficient (Wildman–Crippen LogP) is 2.83. The van der Waals surface area contributed by atoms with Gasteiger partial charge in [0.05, 0.1) is 18.7 Å². The summed E-state index contributed by atoms with van der Waals surface area (Å²) in [5.74, 6) is 0.645. The predicted molar refractivity (Wildman–Crippen MR) is 104 cm³/mol. The summed E-state index contributed by atoms with van der Waals surface area (Å²) in [6.45, 7) is 6.27. The van der Waals surface area contributed by atoms with Gasteiger partial charge in [-0.3, -0.25) is 9.69 Å². The quantitative estimate of drug-likeness (QED) is 0.811. The summed E-state index contributed by atoms with van der Waals surface area (Å²) < 4.78 is 21.9. The van der Waals surface area contributed by atoms with Crippen LogP contribution in [0.2, 0.25) is 0 Å². The van der Waals surface area contributed by atoms with Crippen LogP contribution in [0, 0.1) is 5.82 Å². The molecule has 0 N–H and O–H groups in total. The molecule has 2 aliphatic rings. The molecule has 28 heavy (non-hydrogen) atoms. The average molecular weight is 386 g/mol. The van der Waals surface area contributed by atoms with Crippen molar-refractivity contribution in [1.82, 2.24) is 14.5 Å². The van der Waals surface area contributed by atoms with Gasteiger partial charge in [0.15, 0.2) is 0 Å². The molecule has 0 radical (unpaired) electrons. The summed E-state index contributed by atoms with van der Waals surface area (Å²) in [6, 6.07) is 6.25. The van der Waals surface area contributed by atoms with Gasteiger partial charge in [-0.1, -0.05) is 6.07 Å². The Morgan fingerprint density at radius 2 is 2.18 bits per heavy atom.